The van der Waals surface area contributed by atoms with Crippen LogP contribution in [0.15, 0.2) is 47.5 Å². The first-order valence-electron chi connectivity index (χ1n) is 9.23. The van der Waals surface area contributed by atoms with Crippen LogP contribution in [0.25, 0.3) is 5.57 Å². The van der Waals surface area contributed by atoms with Crippen LogP contribution < -0.4 is 4.90 Å². The Morgan fingerprint density at radius 2 is 1.92 bits per heavy atom. The maximum absolute atomic E-state index is 6.06. The Hall–Kier alpha value is -2.06. The van der Waals surface area contributed by atoms with Gasteiger partial charge in [0.2, 0.25) is 0 Å². The standard InChI is InChI=1S/C23H27ClN2/c1-6-10-26-22-11-16(2)18(12-21(22)17(3)14-23(26,4)5)15-25-20-9-7-8-19(24)13-20/h7-9,11-15H,6,10H2,1-5H3. The molecule has 2 nitrogen and oxygen atoms in total. The summed E-state index contributed by atoms with van der Waals surface area (Å²) in [4.78, 5) is 7.13. The number of halogens is 1. The summed E-state index contributed by atoms with van der Waals surface area (Å²) in [6.45, 7) is 12.2. The van der Waals surface area contributed by atoms with Gasteiger partial charge in [-0.05, 0) is 81.1 Å². The number of fused-ring (bicyclic) bond motifs is 1. The predicted octanol–water partition coefficient (Wildman–Crippen LogP) is 6.81. The summed E-state index contributed by atoms with van der Waals surface area (Å²) < 4.78 is 0. The molecule has 0 spiro atoms. The fourth-order valence-electron chi connectivity index (χ4n) is 3.72. The number of aryl methyl sites for hydroxylation is 1. The fourth-order valence-corrected chi connectivity index (χ4v) is 3.90. The number of nitrogens with zero attached hydrogens (tertiary/aromatic N) is 2. The zero-order chi connectivity index (χ0) is 18.9. The van der Waals surface area contributed by atoms with Crippen LogP contribution in [0.4, 0.5) is 11.4 Å². The van der Waals surface area contributed by atoms with Crippen molar-refractivity contribution in [3.63, 3.8) is 0 Å². The third-order valence-corrected chi connectivity index (χ3v) is 5.21. The first-order chi connectivity index (χ1) is 12.3. The van der Waals surface area contributed by atoms with E-state index < -0.39 is 0 Å². The van der Waals surface area contributed by atoms with E-state index in [1.54, 1.807) is 0 Å². The maximum Gasteiger partial charge on any atom is 0.0644 e. The van der Waals surface area contributed by atoms with E-state index in [0.29, 0.717) is 5.02 Å². The molecule has 2 aromatic rings. The van der Waals surface area contributed by atoms with Crippen molar-refractivity contribution >= 4 is 34.8 Å². The van der Waals surface area contributed by atoms with E-state index in [1.807, 2.05) is 30.5 Å². The third-order valence-electron chi connectivity index (χ3n) is 4.97. The molecule has 0 N–H and O–H groups in total. The Morgan fingerprint density at radius 1 is 1.15 bits per heavy atom. The number of rotatable bonds is 4. The van der Waals surface area contributed by atoms with Gasteiger partial charge in [-0.15, -0.1) is 0 Å². The lowest BCUT2D eigenvalue weighted by Gasteiger charge is -2.43. The van der Waals surface area contributed by atoms with Crippen LogP contribution in [0.5, 0.6) is 0 Å². The molecule has 3 heteroatoms. The Balaban J connectivity index is 2.03. The van der Waals surface area contributed by atoms with Gasteiger partial charge < -0.3 is 4.90 Å². The Bertz CT molecular complexity index is 878. The number of allylic oxidation sites excluding steroid dienone is 1. The van der Waals surface area contributed by atoms with Gasteiger partial charge in [-0.25, -0.2) is 0 Å². The van der Waals surface area contributed by atoms with Gasteiger partial charge in [0.25, 0.3) is 0 Å². The molecule has 0 atom stereocenters. The van der Waals surface area contributed by atoms with Gasteiger partial charge in [0.05, 0.1) is 11.2 Å². The molecule has 2 aromatic carbocycles. The molecule has 26 heavy (non-hydrogen) atoms. The van der Waals surface area contributed by atoms with Crippen LogP contribution in [-0.4, -0.2) is 18.3 Å². The van der Waals surface area contributed by atoms with Gasteiger partial charge in [-0.2, -0.15) is 0 Å². The van der Waals surface area contributed by atoms with E-state index in [2.05, 4.69) is 62.7 Å². The Morgan fingerprint density at radius 3 is 2.62 bits per heavy atom. The summed E-state index contributed by atoms with van der Waals surface area (Å²) in [5.41, 5.74) is 7.25. The molecule has 0 saturated heterocycles. The van der Waals surface area contributed by atoms with E-state index in [4.69, 9.17) is 11.6 Å². The first-order valence-corrected chi connectivity index (χ1v) is 9.61. The lowest BCUT2D eigenvalue weighted by molar-refractivity contribution is 0.550. The van der Waals surface area contributed by atoms with E-state index in [1.165, 1.54) is 22.4 Å². The molecule has 0 amide bonds. The lowest BCUT2D eigenvalue weighted by atomic mass is 9.87. The highest BCUT2D eigenvalue weighted by Gasteiger charge is 2.30. The minimum atomic E-state index is 0.0376. The molecule has 1 heterocycles. The van der Waals surface area contributed by atoms with E-state index in [-0.39, 0.29) is 5.54 Å². The predicted molar refractivity (Wildman–Crippen MR) is 115 cm³/mol. The topological polar surface area (TPSA) is 15.6 Å². The van der Waals surface area contributed by atoms with Crippen LogP contribution in [-0.2, 0) is 0 Å². The SMILES string of the molecule is CCCN1c2cc(C)c(C=Nc3cccc(Cl)c3)cc2C(C)=CC1(C)C. The third kappa shape index (κ3) is 3.71. The average molecular weight is 367 g/mol. The second-order valence-corrected chi connectivity index (χ2v) is 8.03. The summed E-state index contributed by atoms with van der Waals surface area (Å²) >= 11 is 6.06. The van der Waals surface area contributed by atoms with E-state index >= 15 is 0 Å². The summed E-state index contributed by atoms with van der Waals surface area (Å²) in [5.74, 6) is 0. The van der Waals surface area contributed by atoms with E-state index in [0.717, 1.165) is 24.2 Å². The summed E-state index contributed by atoms with van der Waals surface area (Å²) in [6.07, 6.45) is 5.45. The monoisotopic (exact) mass is 366 g/mol. The van der Waals surface area contributed by atoms with Crippen molar-refractivity contribution in [2.45, 2.75) is 46.6 Å². The highest BCUT2D eigenvalue weighted by atomic mass is 35.5. The van der Waals surface area contributed by atoms with Crippen molar-refractivity contribution in [1.29, 1.82) is 0 Å². The van der Waals surface area contributed by atoms with Crippen molar-refractivity contribution in [2.24, 2.45) is 4.99 Å². The Labute approximate surface area is 162 Å². The quantitative estimate of drug-likeness (QED) is 0.542. The first kappa shape index (κ1) is 18.7. The number of benzene rings is 2. The minimum absolute atomic E-state index is 0.0376. The molecule has 0 aromatic heterocycles. The number of aliphatic imine (C=N–C) groups is 1. The molecule has 0 unspecified atom stereocenters. The van der Waals surface area contributed by atoms with Crippen LogP contribution in [0.1, 0.15) is 50.8 Å². The van der Waals surface area contributed by atoms with E-state index in [9.17, 15) is 0 Å². The van der Waals surface area contributed by atoms with Crippen LogP contribution in [0.3, 0.4) is 0 Å². The van der Waals surface area contributed by atoms with Gasteiger partial charge in [0.15, 0.2) is 0 Å². The van der Waals surface area contributed by atoms with Crippen molar-refractivity contribution in [1.82, 2.24) is 0 Å². The van der Waals surface area contributed by atoms with Gasteiger partial charge in [0.1, 0.15) is 0 Å². The highest BCUT2D eigenvalue weighted by molar-refractivity contribution is 6.30. The zero-order valence-electron chi connectivity index (χ0n) is 16.3. The van der Waals surface area contributed by atoms with Crippen molar-refractivity contribution in [3.05, 3.63) is 64.2 Å². The average Bonchev–Trinajstić information content (AvgIpc) is 2.57. The molecule has 0 fully saturated rings. The van der Waals surface area contributed by atoms with Crippen molar-refractivity contribution < 1.29 is 0 Å². The van der Waals surface area contributed by atoms with Crippen LogP contribution in [0.2, 0.25) is 5.02 Å². The number of hydrogen-bond donors (Lipinski definition) is 0. The van der Waals surface area contributed by atoms with Crippen LogP contribution >= 0.6 is 11.6 Å². The fraction of sp³-hybridized carbons (Fsp3) is 0.348. The van der Waals surface area contributed by atoms with Gasteiger partial charge in [-0.1, -0.05) is 30.7 Å². The van der Waals surface area contributed by atoms with Gasteiger partial charge >= 0.3 is 0 Å². The molecule has 1 aliphatic heterocycles. The second-order valence-electron chi connectivity index (χ2n) is 7.60. The number of hydrogen-bond acceptors (Lipinski definition) is 2. The van der Waals surface area contributed by atoms with Crippen molar-refractivity contribution in [3.8, 4) is 0 Å². The maximum atomic E-state index is 6.06. The lowest BCUT2D eigenvalue weighted by Crippen LogP contribution is -2.45. The molecule has 0 saturated carbocycles. The molecule has 136 valence electrons. The highest BCUT2D eigenvalue weighted by Crippen LogP contribution is 2.40. The summed E-state index contributed by atoms with van der Waals surface area (Å²) in [7, 11) is 0. The Kier molecular flexibility index (Phi) is 5.24. The minimum Gasteiger partial charge on any atom is -0.362 e. The second kappa shape index (κ2) is 7.28. The van der Waals surface area contributed by atoms with Crippen molar-refractivity contribution in [2.75, 3.05) is 11.4 Å². The van der Waals surface area contributed by atoms with Crippen LogP contribution in [0, 0.1) is 6.92 Å². The molecule has 0 bridgehead atoms. The largest absolute Gasteiger partial charge is 0.362 e. The normalized spacial score (nSPS) is 15.9. The molecule has 3 rings (SSSR count). The van der Waals surface area contributed by atoms with Gasteiger partial charge in [-0.3, -0.25) is 4.99 Å². The molecular weight excluding hydrogens is 340 g/mol. The summed E-state index contributed by atoms with van der Waals surface area (Å²) in [6, 6.07) is 12.2. The molecular formula is C23H27ClN2. The summed E-state index contributed by atoms with van der Waals surface area (Å²) in [5, 5.41) is 0.707. The smallest absolute Gasteiger partial charge is 0.0644 e. The molecule has 1 aliphatic rings. The molecule has 0 aliphatic carbocycles. The number of anilines is 1. The zero-order valence-corrected chi connectivity index (χ0v) is 17.1. The molecule has 0 radical (unpaired) electrons. The van der Waals surface area contributed by atoms with Gasteiger partial charge in [0, 0.05) is 29.0 Å².